The predicted molar refractivity (Wildman–Crippen MR) is 121 cm³/mol. The molecule has 0 unspecified atom stereocenters. The molecular weight excluding hydrogens is 376 g/mol. The van der Waals surface area contributed by atoms with Gasteiger partial charge in [-0.1, -0.05) is 42.4 Å². The van der Waals surface area contributed by atoms with E-state index in [0.717, 1.165) is 32.1 Å². The minimum atomic E-state index is -0.280. The van der Waals surface area contributed by atoms with Crippen molar-refractivity contribution >= 4 is 5.97 Å². The van der Waals surface area contributed by atoms with Crippen LogP contribution < -0.4 is 0 Å². The predicted octanol–water partition coefficient (Wildman–Crippen LogP) is 6.70. The minimum absolute atomic E-state index is 0.270. The lowest BCUT2D eigenvalue weighted by Crippen LogP contribution is -2.13. The number of hydrogen-bond donors (Lipinski definition) is 0. The summed E-state index contributed by atoms with van der Waals surface area (Å²) in [7, 11) is 1.59. The average molecular weight is 413 g/mol. The Kier molecular flexibility index (Phi) is 9.72. The highest BCUT2D eigenvalue weighted by Crippen LogP contribution is 2.27. The lowest BCUT2D eigenvalue weighted by molar-refractivity contribution is -0.140. The number of aryl methyl sites for hydroxylation is 1. The molecule has 0 saturated carbocycles. The molecule has 2 atom stereocenters. The molecule has 1 aliphatic heterocycles. The van der Waals surface area contributed by atoms with Crippen molar-refractivity contribution in [3.63, 3.8) is 0 Å². The third-order valence-electron chi connectivity index (χ3n) is 5.50. The summed E-state index contributed by atoms with van der Waals surface area (Å²) in [5.74, 6) is 0.911. The highest BCUT2D eigenvalue weighted by molar-refractivity contribution is 5.91. The smallest absolute Gasteiger partial charge is 0.338 e. The fourth-order valence-electron chi connectivity index (χ4n) is 3.60. The summed E-state index contributed by atoms with van der Waals surface area (Å²) < 4.78 is 15.8. The van der Waals surface area contributed by atoms with E-state index in [2.05, 4.69) is 45.1 Å². The first-order chi connectivity index (χ1) is 14.4. The number of carbonyl (C=O) groups is 1. The molecule has 0 bridgehead atoms. The molecule has 4 heteroatoms. The highest BCUT2D eigenvalue weighted by Gasteiger charge is 2.32. The van der Waals surface area contributed by atoms with Crippen LogP contribution in [0.4, 0.5) is 0 Å². The lowest BCUT2D eigenvalue weighted by atomic mass is 10.0. The number of rotatable bonds is 12. The van der Waals surface area contributed by atoms with Gasteiger partial charge in [0.25, 0.3) is 0 Å². The maximum Gasteiger partial charge on any atom is 0.338 e. The van der Waals surface area contributed by atoms with Gasteiger partial charge in [0.05, 0.1) is 25.2 Å². The number of cyclic esters (lactones) is 1. The quantitative estimate of drug-likeness (QED) is 0.218. The SMILES string of the molecule is COC1=C(C)C(=O)O[C@@H]1C/C(C)=C/CC[C@H](C)/C=C/C=C(\C)CCCc1ccoc1. The third kappa shape index (κ3) is 7.74. The van der Waals surface area contributed by atoms with Crippen molar-refractivity contribution in [3.8, 4) is 0 Å². The second-order valence-electron chi connectivity index (χ2n) is 8.28. The van der Waals surface area contributed by atoms with Gasteiger partial charge in [-0.2, -0.15) is 0 Å². The molecule has 0 spiro atoms. The van der Waals surface area contributed by atoms with Crippen LogP contribution in [0.3, 0.4) is 0 Å². The van der Waals surface area contributed by atoms with Gasteiger partial charge in [0, 0.05) is 6.42 Å². The van der Waals surface area contributed by atoms with Crippen LogP contribution in [0.15, 0.2) is 69.8 Å². The zero-order chi connectivity index (χ0) is 21.9. The van der Waals surface area contributed by atoms with Crippen molar-refractivity contribution < 1.29 is 18.7 Å². The average Bonchev–Trinajstić information content (AvgIpc) is 3.30. The Morgan fingerprint density at radius 1 is 1.30 bits per heavy atom. The lowest BCUT2D eigenvalue weighted by Gasteiger charge is -2.13. The zero-order valence-corrected chi connectivity index (χ0v) is 19.1. The second kappa shape index (κ2) is 12.3. The van der Waals surface area contributed by atoms with E-state index in [1.54, 1.807) is 20.3 Å². The Morgan fingerprint density at radius 3 is 2.80 bits per heavy atom. The summed E-state index contributed by atoms with van der Waals surface area (Å²) in [6.45, 7) is 8.28. The normalized spacial score (nSPS) is 19.0. The molecule has 0 saturated heterocycles. The van der Waals surface area contributed by atoms with Gasteiger partial charge >= 0.3 is 5.97 Å². The number of furan rings is 1. The number of ether oxygens (including phenoxy) is 2. The minimum Gasteiger partial charge on any atom is -0.497 e. The maximum absolute atomic E-state index is 11.7. The summed E-state index contributed by atoms with van der Waals surface area (Å²) in [5, 5.41) is 0. The van der Waals surface area contributed by atoms with Crippen LogP contribution >= 0.6 is 0 Å². The van der Waals surface area contributed by atoms with Crippen molar-refractivity contribution in [1.29, 1.82) is 0 Å². The highest BCUT2D eigenvalue weighted by atomic mass is 16.6. The third-order valence-corrected chi connectivity index (χ3v) is 5.50. The van der Waals surface area contributed by atoms with Gasteiger partial charge in [0.2, 0.25) is 0 Å². The van der Waals surface area contributed by atoms with E-state index in [1.807, 2.05) is 12.3 Å². The van der Waals surface area contributed by atoms with Crippen LogP contribution in [-0.2, 0) is 20.7 Å². The van der Waals surface area contributed by atoms with E-state index in [9.17, 15) is 4.79 Å². The largest absolute Gasteiger partial charge is 0.497 e. The topological polar surface area (TPSA) is 48.7 Å². The molecule has 0 aliphatic carbocycles. The van der Waals surface area contributed by atoms with Crippen LogP contribution in [0, 0.1) is 5.92 Å². The van der Waals surface area contributed by atoms with E-state index in [4.69, 9.17) is 13.9 Å². The summed E-state index contributed by atoms with van der Waals surface area (Å²) in [5.41, 5.74) is 4.48. The van der Waals surface area contributed by atoms with Gasteiger partial charge < -0.3 is 13.9 Å². The van der Waals surface area contributed by atoms with Gasteiger partial charge in [-0.25, -0.2) is 4.79 Å². The first kappa shape index (κ1) is 23.8. The molecule has 2 rings (SSSR count). The van der Waals surface area contributed by atoms with Crippen LogP contribution in [0.25, 0.3) is 0 Å². The van der Waals surface area contributed by atoms with Gasteiger partial charge in [-0.15, -0.1) is 0 Å². The van der Waals surface area contributed by atoms with Crippen molar-refractivity contribution in [2.45, 2.75) is 72.3 Å². The zero-order valence-electron chi connectivity index (χ0n) is 19.1. The van der Waals surface area contributed by atoms with E-state index >= 15 is 0 Å². The van der Waals surface area contributed by atoms with Crippen LogP contribution in [0.2, 0.25) is 0 Å². The van der Waals surface area contributed by atoms with E-state index in [0.29, 0.717) is 23.7 Å². The number of esters is 1. The van der Waals surface area contributed by atoms with Crippen molar-refractivity contribution in [2.24, 2.45) is 5.92 Å². The molecule has 0 fully saturated rings. The fraction of sp³-hybridized carbons (Fsp3) is 0.500. The molecule has 2 heterocycles. The van der Waals surface area contributed by atoms with Crippen LogP contribution in [-0.4, -0.2) is 19.2 Å². The number of hydrogen-bond acceptors (Lipinski definition) is 4. The van der Waals surface area contributed by atoms with Crippen molar-refractivity contribution in [2.75, 3.05) is 7.11 Å². The molecule has 4 nitrogen and oxygen atoms in total. The molecular formula is C26H36O4. The van der Waals surface area contributed by atoms with Gasteiger partial charge in [0.15, 0.2) is 6.10 Å². The van der Waals surface area contributed by atoms with Crippen molar-refractivity contribution in [3.05, 3.63) is 70.9 Å². The Morgan fingerprint density at radius 2 is 2.10 bits per heavy atom. The molecule has 0 aromatic carbocycles. The van der Waals surface area contributed by atoms with Crippen molar-refractivity contribution in [1.82, 2.24) is 0 Å². The van der Waals surface area contributed by atoms with Gasteiger partial charge in [-0.05, 0) is 70.4 Å². The summed E-state index contributed by atoms with van der Waals surface area (Å²) >= 11 is 0. The monoisotopic (exact) mass is 412 g/mol. The van der Waals surface area contributed by atoms with Gasteiger partial charge in [0.1, 0.15) is 5.76 Å². The van der Waals surface area contributed by atoms with Gasteiger partial charge in [-0.3, -0.25) is 0 Å². The number of carbonyl (C=O) groups excluding carboxylic acids is 1. The maximum atomic E-state index is 11.7. The molecule has 0 radical (unpaired) electrons. The molecule has 1 aromatic rings. The van der Waals surface area contributed by atoms with E-state index < -0.39 is 0 Å². The van der Waals surface area contributed by atoms with Crippen LogP contribution in [0.5, 0.6) is 0 Å². The molecule has 164 valence electrons. The Bertz CT molecular complexity index is 793. The number of allylic oxidation sites excluding steroid dienone is 5. The number of methoxy groups -OCH3 is 1. The Labute approximate surface area is 181 Å². The molecule has 30 heavy (non-hydrogen) atoms. The molecule has 1 aromatic heterocycles. The second-order valence-corrected chi connectivity index (χ2v) is 8.28. The summed E-state index contributed by atoms with van der Waals surface area (Å²) in [6.07, 6.45) is 18.3. The molecule has 0 amide bonds. The van der Waals surface area contributed by atoms with Crippen LogP contribution in [0.1, 0.15) is 65.4 Å². The fourth-order valence-corrected chi connectivity index (χ4v) is 3.60. The summed E-state index contributed by atoms with van der Waals surface area (Å²) in [6, 6.07) is 2.03. The first-order valence-corrected chi connectivity index (χ1v) is 10.9. The standard InChI is InChI=1S/C26H36O4/c1-19(9-6-10-20(2)12-8-14-23-15-16-29-18-23)11-7-13-21(3)17-24-25(28-5)22(4)26(27)30-24/h6,9-10,13,15-16,18-19,24H,7-8,11-12,14,17H2,1-5H3/b9-6+,20-10+,21-13+/t19-,24-/m1/s1. The summed E-state index contributed by atoms with van der Waals surface area (Å²) in [4.78, 5) is 11.7. The first-order valence-electron chi connectivity index (χ1n) is 10.9. The Balaban J connectivity index is 1.68. The molecule has 0 N–H and O–H groups in total. The molecule has 1 aliphatic rings. The van der Waals surface area contributed by atoms with E-state index in [-0.39, 0.29) is 12.1 Å². The Hall–Kier alpha value is -2.49. The van der Waals surface area contributed by atoms with E-state index in [1.165, 1.54) is 16.7 Å².